The molecule has 1 atom stereocenters. The molecule has 1 fully saturated rings. The van der Waals surface area contributed by atoms with Crippen LogP contribution in [0.4, 0.5) is 13.2 Å². The van der Waals surface area contributed by atoms with Gasteiger partial charge < -0.3 is 9.73 Å². The van der Waals surface area contributed by atoms with Crippen LogP contribution in [0.5, 0.6) is 0 Å². The average molecular weight is 388 g/mol. The van der Waals surface area contributed by atoms with Crippen molar-refractivity contribution >= 4 is 22.6 Å². The Hall–Kier alpha value is -0.280. The van der Waals surface area contributed by atoms with Gasteiger partial charge in [0.2, 0.25) is 0 Å². The number of nitrogens with zero attached hydrogens (tertiary/aromatic N) is 1. The van der Waals surface area contributed by atoms with Gasteiger partial charge in [-0.25, -0.2) is 0 Å². The summed E-state index contributed by atoms with van der Waals surface area (Å²) in [4.78, 5) is 1.47. The summed E-state index contributed by atoms with van der Waals surface area (Å²) in [5.74, 6) is 1.14. The van der Waals surface area contributed by atoms with E-state index in [1.165, 1.54) is 4.90 Å². The Balaban J connectivity index is 1.65. The smallest absolute Gasteiger partial charge is 0.401 e. The van der Waals surface area contributed by atoms with Gasteiger partial charge in [0.05, 0.1) is 13.1 Å². The van der Waals surface area contributed by atoms with E-state index in [1.807, 2.05) is 12.1 Å². The van der Waals surface area contributed by atoms with Crippen LogP contribution in [0.2, 0.25) is 0 Å². The highest BCUT2D eigenvalue weighted by atomic mass is 127. The third kappa shape index (κ3) is 5.31. The van der Waals surface area contributed by atoms with Crippen LogP contribution in [0.25, 0.3) is 0 Å². The van der Waals surface area contributed by atoms with Crippen molar-refractivity contribution in [1.82, 2.24) is 10.2 Å². The van der Waals surface area contributed by atoms with Crippen molar-refractivity contribution in [3.05, 3.63) is 21.7 Å². The number of furan rings is 1. The minimum Gasteiger partial charge on any atom is -0.454 e. The zero-order chi connectivity index (χ0) is 13.9. The molecule has 19 heavy (non-hydrogen) atoms. The first kappa shape index (κ1) is 15.1. The van der Waals surface area contributed by atoms with E-state index >= 15 is 0 Å². The molecule has 1 N–H and O–H groups in total. The van der Waals surface area contributed by atoms with Crippen LogP contribution in [-0.2, 0) is 6.54 Å². The van der Waals surface area contributed by atoms with Crippen LogP contribution in [0, 0.1) is 9.68 Å². The van der Waals surface area contributed by atoms with E-state index in [9.17, 15) is 13.2 Å². The van der Waals surface area contributed by atoms with E-state index in [2.05, 4.69) is 27.9 Å². The van der Waals surface area contributed by atoms with Crippen molar-refractivity contribution in [2.45, 2.75) is 19.1 Å². The Labute approximate surface area is 123 Å². The van der Waals surface area contributed by atoms with Crippen LogP contribution in [0.3, 0.4) is 0 Å². The molecular formula is C12H16F3IN2O. The van der Waals surface area contributed by atoms with Gasteiger partial charge in [-0.3, -0.25) is 4.90 Å². The summed E-state index contributed by atoms with van der Waals surface area (Å²) in [7, 11) is 0. The SMILES string of the molecule is FC(F)(F)CN1CCC(CNCc2ccc(I)o2)C1. The first-order chi connectivity index (χ1) is 8.92. The van der Waals surface area contributed by atoms with Gasteiger partial charge in [-0.05, 0) is 60.2 Å². The summed E-state index contributed by atoms with van der Waals surface area (Å²) in [6, 6.07) is 3.79. The van der Waals surface area contributed by atoms with Crippen LogP contribution >= 0.6 is 22.6 Å². The Morgan fingerprint density at radius 2 is 2.21 bits per heavy atom. The highest BCUT2D eigenvalue weighted by Gasteiger charge is 2.34. The zero-order valence-corrected chi connectivity index (χ0v) is 12.5. The first-order valence-corrected chi connectivity index (χ1v) is 7.24. The molecule has 0 bridgehead atoms. The van der Waals surface area contributed by atoms with Gasteiger partial charge in [0.25, 0.3) is 0 Å². The predicted octanol–water partition coefficient (Wildman–Crippen LogP) is 2.86. The number of rotatable bonds is 5. The van der Waals surface area contributed by atoms with Crippen molar-refractivity contribution in [2.24, 2.45) is 5.92 Å². The quantitative estimate of drug-likeness (QED) is 0.787. The molecule has 2 rings (SSSR count). The number of nitrogens with one attached hydrogen (secondary N) is 1. The lowest BCUT2D eigenvalue weighted by Crippen LogP contribution is -2.33. The van der Waals surface area contributed by atoms with Crippen LogP contribution < -0.4 is 5.32 Å². The highest BCUT2D eigenvalue weighted by molar-refractivity contribution is 14.1. The molecule has 1 aromatic rings. The maximum absolute atomic E-state index is 12.2. The summed E-state index contributed by atoms with van der Waals surface area (Å²) in [5.41, 5.74) is 0. The fourth-order valence-electron chi connectivity index (χ4n) is 2.32. The molecule has 0 amide bonds. The Kier molecular flexibility index (Phi) is 5.13. The second kappa shape index (κ2) is 6.45. The largest absolute Gasteiger partial charge is 0.454 e. The van der Waals surface area contributed by atoms with E-state index in [1.54, 1.807) is 0 Å². The van der Waals surface area contributed by atoms with E-state index < -0.39 is 12.7 Å². The molecule has 2 heterocycles. The first-order valence-electron chi connectivity index (χ1n) is 6.16. The zero-order valence-electron chi connectivity index (χ0n) is 10.3. The second-order valence-electron chi connectivity index (χ2n) is 4.84. The summed E-state index contributed by atoms with van der Waals surface area (Å²) < 4.78 is 43.0. The van der Waals surface area contributed by atoms with E-state index in [4.69, 9.17) is 4.42 Å². The van der Waals surface area contributed by atoms with Crippen molar-refractivity contribution < 1.29 is 17.6 Å². The minimum absolute atomic E-state index is 0.288. The molecule has 0 radical (unpaired) electrons. The molecule has 1 aromatic heterocycles. The van der Waals surface area contributed by atoms with E-state index in [0.717, 1.165) is 22.5 Å². The average Bonchev–Trinajstić information content (AvgIpc) is 2.86. The Morgan fingerprint density at radius 1 is 1.42 bits per heavy atom. The minimum atomic E-state index is -4.09. The number of hydrogen-bond acceptors (Lipinski definition) is 3. The van der Waals surface area contributed by atoms with Crippen molar-refractivity contribution in [1.29, 1.82) is 0 Å². The molecule has 7 heteroatoms. The summed E-state index contributed by atoms with van der Waals surface area (Å²) in [5, 5.41) is 3.24. The lowest BCUT2D eigenvalue weighted by atomic mass is 10.1. The maximum atomic E-state index is 12.2. The number of halogens is 4. The molecule has 1 aliphatic heterocycles. The number of likely N-dealkylation sites (tertiary alicyclic amines) is 1. The van der Waals surface area contributed by atoms with Gasteiger partial charge >= 0.3 is 6.18 Å². The van der Waals surface area contributed by atoms with Gasteiger partial charge in [-0.1, -0.05) is 0 Å². The third-order valence-electron chi connectivity index (χ3n) is 3.13. The van der Waals surface area contributed by atoms with Gasteiger partial charge in [0.15, 0.2) is 3.77 Å². The van der Waals surface area contributed by atoms with Crippen LogP contribution in [0.1, 0.15) is 12.2 Å². The lowest BCUT2D eigenvalue weighted by molar-refractivity contribution is -0.143. The van der Waals surface area contributed by atoms with Crippen LogP contribution in [0.15, 0.2) is 16.5 Å². The number of hydrogen-bond donors (Lipinski definition) is 1. The Bertz CT molecular complexity index is 408. The van der Waals surface area contributed by atoms with Crippen molar-refractivity contribution in [3.8, 4) is 0 Å². The van der Waals surface area contributed by atoms with Gasteiger partial charge in [-0.2, -0.15) is 13.2 Å². The standard InChI is InChI=1S/C12H16F3IN2O/c13-12(14,15)8-18-4-3-9(7-18)5-17-6-10-1-2-11(16)19-10/h1-2,9,17H,3-8H2. The van der Waals surface area contributed by atoms with Gasteiger partial charge in [0.1, 0.15) is 5.76 Å². The number of alkyl halides is 3. The maximum Gasteiger partial charge on any atom is 0.401 e. The predicted molar refractivity (Wildman–Crippen MR) is 73.7 cm³/mol. The molecule has 0 aromatic carbocycles. The molecule has 0 saturated carbocycles. The molecule has 1 aliphatic rings. The lowest BCUT2D eigenvalue weighted by Gasteiger charge is -2.17. The fourth-order valence-corrected chi connectivity index (χ4v) is 2.79. The van der Waals surface area contributed by atoms with Gasteiger partial charge in [0, 0.05) is 6.54 Å². The fraction of sp³-hybridized carbons (Fsp3) is 0.667. The molecule has 1 saturated heterocycles. The van der Waals surface area contributed by atoms with E-state index in [0.29, 0.717) is 19.6 Å². The molecule has 3 nitrogen and oxygen atoms in total. The third-order valence-corrected chi connectivity index (χ3v) is 3.71. The van der Waals surface area contributed by atoms with E-state index in [-0.39, 0.29) is 5.92 Å². The van der Waals surface area contributed by atoms with Crippen molar-refractivity contribution in [3.63, 3.8) is 0 Å². The summed E-state index contributed by atoms with van der Waals surface area (Å²) >= 11 is 2.10. The summed E-state index contributed by atoms with van der Waals surface area (Å²) in [6.07, 6.45) is -3.27. The topological polar surface area (TPSA) is 28.4 Å². The van der Waals surface area contributed by atoms with Crippen LogP contribution in [-0.4, -0.2) is 37.3 Å². The highest BCUT2D eigenvalue weighted by Crippen LogP contribution is 2.22. The molecule has 1 unspecified atom stereocenters. The molecule has 0 spiro atoms. The van der Waals surface area contributed by atoms with Gasteiger partial charge in [-0.15, -0.1) is 0 Å². The second-order valence-corrected chi connectivity index (χ2v) is 5.90. The monoisotopic (exact) mass is 388 g/mol. The van der Waals surface area contributed by atoms with Crippen molar-refractivity contribution in [2.75, 3.05) is 26.2 Å². The normalized spacial score (nSPS) is 21.2. The molecular weight excluding hydrogens is 372 g/mol. The Morgan fingerprint density at radius 3 is 2.84 bits per heavy atom. The molecule has 0 aliphatic carbocycles. The molecule has 108 valence electrons. The summed E-state index contributed by atoms with van der Waals surface area (Å²) in [6.45, 7) is 1.61.